The van der Waals surface area contributed by atoms with Crippen LogP contribution in [0.15, 0.2) is 104 Å². The number of carbonyl (C=O) groups is 1. The average Bonchev–Trinajstić information content (AvgIpc) is 4.10. The molecular formula is C45H48N14O2. The van der Waals surface area contributed by atoms with Gasteiger partial charge in [0.05, 0.1) is 65.4 Å². The summed E-state index contributed by atoms with van der Waals surface area (Å²) in [5, 5.41) is 31.4. The predicted octanol–water partition coefficient (Wildman–Crippen LogP) is 4.87. The quantitative estimate of drug-likeness (QED) is 0.213. The Morgan fingerprint density at radius 2 is 1.38 bits per heavy atom. The van der Waals surface area contributed by atoms with Crippen LogP contribution in [-0.4, -0.2) is 129 Å². The Balaban J connectivity index is 1.08. The first kappa shape index (κ1) is 38.3. The summed E-state index contributed by atoms with van der Waals surface area (Å²) in [6, 6.07) is 20.7. The van der Waals surface area contributed by atoms with Gasteiger partial charge >= 0.3 is 0 Å². The Hall–Kier alpha value is -6.91. The zero-order chi connectivity index (χ0) is 41.8. The van der Waals surface area contributed by atoms with E-state index in [2.05, 4.69) is 73.4 Å². The number of hydrogen-bond acceptors (Lipinski definition) is 11. The van der Waals surface area contributed by atoms with Crippen molar-refractivity contribution in [2.75, 3.05) is 63.2 Å². The monoisotopic (exact) mass is 816 g/mol. The van der Waals surface area contributed by atoms with E-state index >= 15 is 0 Å². The minimum absolute atomic E-state index is 0.0505. The number of pyridine rings is 2. The normalized spacial score (nSPS) is 16.6. The minimum atomic E-state index is -0.284. The molecule has 8 heterocycles. The van der Waals surface area contributed by atoms with E-state index in [1.54, 1.807) is 23.7 Å². The molecule has 0 radical (unpaired) electrons. The van der Waals surface area contributed by atoms with Crippen molar-refractivity contribution >= 4 is 39.3 Å². The molecule has 10 rings (SSSR count). The first-order chi connectivity index (χ1) is 29.6. The number of aliphatic hydroxyl groups excluding tert-OH is 1. The number of anilines is 2. The van der Waals surface area contributed by atoms with Crippen LogP contribution >= 0.6 is 0 Å². The zero-order valence-corrected chi connectivity index (χ0v) is 34.7. The van der Waals surface area contributed by atoms with Gasteiger partial charge in [-0.15, -0.1) is 0 Å². The molecule has 16 heteroatoms. The Morgan fingerprint density at radius 1 is 0.721 bits per heavy atom. The molecule has 1 N–H and O–H groups in total. The lowest BCUT2D eigenvalue weighted by molar-refractivity contribution is -0.130. The van der Waals surface area contributed by atoms with E-state index in [1.807, 2.05) is 83.7 Å². The fraction of sp³-hybridized carbons (Fsp3) is 0.311. The number of fused-ring (bicyclic) bond motifs is 2. The first-order valence-corrected chi connectivity index (χ1v) is 20.7. The average molecular weight is 817 g/mol. The predicted molar refractivity (Wildman–Crippen MR) is 235 cm³/mol. The van der Waals surface area contributed by atoms with Gasteiger partial charge in [-0.25, -0.2) is 19.3 Å². The van der Waals surface area contributed by atoms with E-state index in [4.69, 9.17) is 20.2 Å². The number of aliphatic hydroxyl groups is 1. The van der Waals surface area contributed by atoms with Gasteiger partial charge in [0.15, 0.2) is 0 Å². The number of amides is 1. The minimum Gasteiger partial charge on any atom is -0.393 e. The molecule has 2 aliphatic heterocycles. The molecule has 1 unspecified atom stereocenters. The topological polar surface area (TPSA) is 147 Å². The molecule has 2 aromatic carbocycles. The van der Waals surface area contributed by atoms with Crippen molar-refractivity contribution in [1.82, 2.24) is 58.9 Å². The molecule has 0 saturated carbocycles. The van der Waals surface area contributed by atoms with Gasteiger partial charge < -0.3 is 19.8 Å². The van der Waals surface area contributed by atoms with Crippen LogP contribution in [0, 0.1) is 0 Å². The molecule has 8 aromatic rings. The lowest BCUT2D eigenvalue weighted by Crippen LogP contribution is -2.51. The zero-order valence-electron chi connectivity index (χ0n) is 34.7. The maximum atomic E-state index is 13.2. The van der Waals surface area contributed by atoms with Gasteiger partial charge in [-0.1, -0.05) is 24.3 Å². The van der Waals surface area contributed by atoms with E-state index in [0.29, 0.717) is 39.0 Å². The van der Waals surface area contributed by atoms with E-state index in [9.17, 15) is 9.90 Å². The first-order valence-electron chi connectivity index (χ1n) is 20.7. The third kappa shape index (κ3) is 7.37. The Kier molecular flexibility index (Phi) is 9.80. The van der Waals surface area contributed by atoms with Gasteiger partial charge in [0.1, 0.15) is 11.6 Å². The summed E-state index contributed by atoms with van der Waals surface area (Å²) >= 11 is 0. The number of aromatic nitrogens is 10. The second kappa shape index (κ2) is 15.6. The van der Waals surface area contributed by atoms with Gasteiger partial charge in [-0.2, -0.15) is 20.4 Å². The summed E-state index contributed by atoms with van der Waals surface area (Å²) in [5.74, 6) is 1.70. The van der Waals surface area contributed by atoms with Crippen LogP contribution in [0.25, 0.3) is 55.4 Å². The van der Waals surface area contributed by atoms with Crippen LogP contribution in [0.3, 0.4) is 0 Å². The number of aryl methyl sites for hydroxylation is 2. The van der Waals surface area contributed by atoms with Crippen molar-refractivity contribution in [3.8, 4) is 33.6 Å². The van der Waals surface area contributed by atoms with Gasteiger partial charge in [0.2, 0.25) is 5.91 Å². The molecule has 0 aliphatic carbocycles. The number of rotatable bonds is 9. The van der Waals surface area contributed by atoms with Crippen LogP contribution in [0.2, 0.25) is 0 Å². The van der Waals surface area contributed by atoms with Crippen LogP contribution in [0.1, 0.15) is 24.6 Å². The Bertz CT molecular complexity index is 2880. The summed E-state index contributed by atoms with van der Waals surface area (Å²) in [6.45, 7) is 3.61. The summed E-state index contributed by atoms with van der Waals surface area (Å²) < 4.78 is 7.61. The summed E-state index contributed by atoms with van der Waals surface area (Å²) in [6.07, 6.45) is 14.5. The molecule has 61 heavy (non-hydrogen) atoms. The highest BCUT2D eigenvalue weighted by atomic mass is 16.3. The highest BCUT2D eigenvalue weighted by molar-refractivity contribution is 5.89. The molecule has 6 aromatic heterocycles. The third-order valence-corrected chi connectivity index (χ3v) is 12.0. The van der Waals surface area contributed by atoms with Crippen molar-refractivity contribution < 1.29 is 9.90 Å². The molecule has 1 amide bonds. The molecule has 1 atom stereocenters. The lowest BCUT2D eigenvalue weighted by Gasteiger charge is -2.41. The van der Waals surface area contributed by atoms with Crippen molar-refractivity contribution in [3.63, 3.8) is 0 Å². The molecule has 2 saturated heterocycles. The second-order valence-corrected chi connectivity index (χ2v) is 16.4. The number of hydrogen-bond donors (Lipinski definition) is 1. The van der Waals surface area contributed by atoms with Crippen molar-refractivity contribution in [3.05, 3.63) is 110 Å². The SMILES string of the molecule is CN(C)C(=O)CN1CCN(c2cc(-n3ncc4ccc(-c5cnn(C)c5)cc43)ccn2)C(c2nn(-c3ccnc(N4CCC(O)CC4)c3)c3cc(-c4cnn(C)c4)ccc23)C1. The van der Waals surface area contributed by atoms with Gasteiger partial charge in [0.25, 0.3) is 0 Å². The molecule has 0 bridgehead atoms. The van der Waals surface area contributed by atoms with Crippen molar-refractivity contribution in [2.24, 2.45) is 14.1 Å². The van der Waals surface area contributed by atoms with Crippen molar-refractivity contribution in [1.29, 1.82) is 0 Å². The number of piperidine rings is 1. The van der Waals surface area contributed by atoms with E-state index in [1.165, 1.54) is 0 Å². The second-order valence-electron chi connectivity index (χ2n) is 16.4. The van der Waals surface area contributed by atoms with Gasteiger partial charge in [0, 0.05) is 120 Å². The third-order valence-electron chi connectivity index (χ3n) is 12.0. The lowest BCUT2D eigenvalue weighted by atomic mass is 10.0. The van der Waals surface area contributed by atoms with Crippen LogP contribution in [0.4, 0.5) is 11.6 Å². The van der Waals surface area contributed by atoms with Gasteiger partial charge in [-0.05, 0) is 48.2 Å². The van der Waals surface area contributed by atoms with Crippen molar-refractivity contribution in [2.45, 2.75) is 25.0 Å². The number of likely N-dealkylation sites (N-methyl/N-ethyl adjacent to an activating group) is 1. The van der Waals surface area contributed by atoms with Crippen LogP contribution < -0.4 is 9.80 Å². The summed E-state index contributed by atoms with van der Waals surface area (Å²) in [7, 11) is 7.44. The molecule has 2 fully saturated rings. The van der Waals surface area contributed by atoms with E-state index in [0.717, 1.165) is 85.9 Å². The maximum absolute atomic E-state index is 13.2. The molecule has 310 valence electrons. The van der Waals surface area contributed by atoms with Crippen LogP contribution in [-0.2, 0) is 18.9 Å². The highest BCUT2D eigenvalue weighted by Crippen LogP contribution is 2.37. The van der Waals surface area contributed by atoms with E-state index < -0.39 is 0 Å². The Morgan fingerprint density at radius 3 is 2.07 bits per heavy atom. The smallest absolute Gasteiger partial charge is 0.236 e. The number of benzene rings is 2. The van der Waals surface area contributed by atoms with Gasteiger partial charge in [-0.3, -0.25) is 19.1 Å². The molecule has 16 nitrogen and oxygen atoms in total. The molecule has 2 aliphatic rings. The standard InChI is InChI=1S/C45H48N14O2/c1-52(2)44(61)29-55-17-18-57(43-22-35(9-14-47-43)58-39-19-30(5-6-32(39)23-50-58)33-24-48-53(3)26-33)41(28-55)45-38-8-7-31(34-25-49-54(4)27-34)20-40(38)59(51-45)36-10-13-46-42(21-36)56-15-11-37(60)12-16-56/h5-10,13-14,19-27,37,41,60H,11-12,15-18,28-29H2,1-4H3. The highest BCUT2D eigenvalue weighted by Gasteiger charge is 2.34. The number of carbonyl (C=O) groups excluding carboxylic acids is 1. The van der Waals surface area contributed by atoms with E-state index in [-0.39, 0.29) is 18.1 Å². The fourth-order valence-electron chi connectivity index (χ4n) is 8.63. The maximum Gasteiger partial charge on any atom is 0.236 e. The summed E-state index contributed by atoms with van der Waals surface area (Å²) in [4.78, 5) is 31.3. The molecular weight excluding hydrogens is 769 g/mol. The van der Waals surface area contributed by atoms with Crippen LogP contribution in [0.5, 0.6) is 0 Å². The largest absolute Gasteiger partial charge is 0.393 e. The molecule has 0 spiro atoms. The number of piperazine rings is 1. The Labute approximate surface area is 352 Å². The summed E-state index contributed by atoms with van der Waals surface area (Å²) in [5.41, 5.74) is 8.71. The fourth-order valence-corrected chi connectivity index (χ4v) is 8.63. The number of nitrogens with zero attached hydrogens (tertiary/aromatic N) is 14.